The van der Waals surface area contributed by atoms with Crippen molar-refractivity contribution in [3.8, 4) is 34.9 Å². The van der Waals surface area contributed by atoms with E-state index in [4.69, 9.17) is 9.72 Å². The molecule has 1 atom stereocenters. The van der Waals surface area contributed by atoms with Crippen molar-refractivity contribution in [3.63, 3.8) is 0 Å². The molecular weight excluding hydrogens is 440 g/mol. The first-order valence-corrected chi connectivity index (χ1v) is 11.6. The number of benzene rings is 1. The third kappa shape index (κ3) is 4.53. The zero-order valence-electron chi connectivity index (χ0n) is 19.7. The summed E-state index contributed by atoms with van der Waals surface area (Å²) < 4.78 is 7.88. The number of carbonyl (C=O) groups excluding carboxylic acids is 1. The summed E-state index contributed by atoms with van der Waals surface area (Å²) in [7, 11) is 1.85. The van der Waals surface area contributed by atoms with Gasteiger partial charge in [0.15, 0.2) is 0 Å². The molecule has 35 heavy (non-hydrogen) atoms. The standard InChI is InChI=1S/C27H26N6O2/c1-3-7-24(34)32-17-6-8-20(18-32)25-22-14-16-30-27(28-2)33(22)26(31-25)19-10-12-21(13-11-19)35-23-9-4-5-15-29-23/h4-5,9-16,20H,6,8,17-18H2,1-2H3,(H,28,30). The van der Waals surface area contributed by atoms with E-state index in [-0.39, 0.29) is 11.8 Å². The average molecular weight is 467 g/mol. The van der Waals surface area contributed by atoms with Crippen LogP contribution in [-0.2, 0) is 4.79 Å². The van der Waals surface area contributed by atoms with Crippen molar-refractivity contribution in [2.45, 2.75) is 25.7 Å². The lowest BCUT2D eigenvalue weighted by molar-refractivity contribution is -0.126. The number of ether oxygens (including phenoxy) is 1. The normalized spacial score (nSPS) is 15.4. The summed E-state index contributed by atoms with van der Waals surface area (Å²) in [5.74, 6) is 8.11. The molecule has 1 aromatic carbocycles. The molecule has 8 nitrogen and oxygen atoms in total. The molecule has 1 unspecified atom stereocenters. The zero-order valence-corrected chi connectivity index (χ0v) is 19.7. The van der Waals surface area contributed by atoms with Gasteiger partial charge in [0, 0.05) is 50.1 Å². The molecule has 8 heteroatoms. The summed E-state index contributed by atoms with van der Waals surface area (Å²) in [5.41, 5.74) is 2.88. The van der Waals surface area contributed by atoms with Gasteiger partial charge in [-0.2, -0.15) is 0 Å². The van der Waals surface area contributed by atoms with E-state index in [0.717, 1.165) is 42.0 Å². The number of piperidine rings is 1. The van der Waals surface area contributed by atoms with Gasteiger partial charge in [-0.05, 0) is 62.1 Å². The fraction of sp³-hybridized carbons (Fsp3) is 0.259. The second kappa shape index (κ2) is 9.85. The molecule has 0 spiro atoms. The van der Waals surface area contributed by atoms with Crippen molar-refractivity contribution in [1.29, 1.82) is 0 Å². The van der Waals surface area contributed by atoms with E-state index in [9.17, 15) is 4.79 Å². The van der Waals surface area contributed by atoms with Crippen molar-refractivity contribution < 1.29 is 9.53 Å². The number of anilines is 1. The Kier molecular flexibility index (Phi) is 6.31. The van der Waals surface area contributed by atoms with Crippen molar-refractivity contribution in [2.24, 2.45) is 0 Å². The number of hydrogen-bond donors (Lipinski definition) is 1. The minimum Gasteiger partial charge on any atom is -0.439 e. The van der Waals surface area contributed by atoms with Gasteiger partial charge in [-0.25, -0.2) is 15.0 Å². The molecule has 1 saturated heterocycles. The lowest BCUT2D eigenvalue weighted by Crippen LogP contribution is -2.38. The fourth-order valence-electron chi connectivity index (χ4n) is 4.50. The number of nitrogens with zero attached hydrogens (tertiary/aromatic N) is 5. The van der Waals surface area contributed by atoms with Crippen molar-refractivity contribution >= 4 is 17.4 Å². The van der Waals surface area contributed by atoms with Crippen LogP contribution in [-0.4, -0.2) is 50.3 Å². The summed E-state index contributed by atoms with van der Waals surface area (Å²) in [6.45, 7) is 3.02. The van der Waals surface area contributed by atoms with Gasteiger partial charge in [0.2, 0.25) is 11.8 Å². The van der Waals surface area contributed by atoms with Crippen LogP contribution < -0.4 is 10.1 Å². The van der Waals surface area contributed by atoms with Gasteiger partial charge in [0.1, 0.15) is 11.6 Å². The second-order valence-electron chi connectivity index (χ2n) is 8.32. The van der Waals surface area contributed by atoms with Crippen LogP contribution in [0.3, 0.4) is 0 Å². The third-order valence-corrected chi connectivity index (χ3v) is 6.11. The van der Waals surface area contributed by atoms with Gasteiger partial charge in [0.05, 0.1) is 11.2 Å². The fourth-order valence-corrected chi connectivity index (χ4v) is 4.50. The summed E-state index contributed by atoms with van der Waals surface area (Å²) in [5, 5.41) is 3.18. The van der Waals surface area contributed by atoms with Crippen LogP contribution in [0.5, 0.6) is 11.6 Å². The van der Waals surface area contributed by atoms with Gasteiger partial charge in [-0.3, -0.25) is 9.20 Å². The molecule has 1 N–H and O–H groups in total. The first-order chi connectivity index (χ1) is 17.2. The van der Waals surface area contributed by atoms with Crippen LogP contribution in [0.1, 0.15) is 31.4 Å². The number of imidazole rings is 1. The molecule has 3 aromatic heterocycles. The zero-order chi connectivity index (χ0) is 24.2. The Hall–Kier alpha value is -4.38. The minimum absolute atomic E-state index is 0.119. The van der Waals surface area contributed by atoms with Crippen LogP contribution in [0, 0.1) is 11.8 Å². The SMILES string of the molecule is CC#CC(=O)N1CCCC(c2nc(-c3ccc(Oc4ccccn4)cc3)n3c(NC)nccc23)C1. The lowest BCUT2D eigenvalue weighted by Gasteiger charge is -2.30. The van der Waals surface area contributed by atoms with E-state index < -0.39 is 0 Å². The van der Waals surface area contributed by atoms with Crippen LogP contribution in [0.15, 0.2) is 60.9 Å². The van der Waals surface area contributed by atoms with E-state index in [2.05, 4.69) is 27.1 Å². The highest BCUT2D eigenvalue weighted by atomic mass is 16.5. The maximum absolute atomic E-state index is 12.4. The molecule has 1 amide bonds. The van der Waals surface area contributed by atoms with Gasteiger partial charge in [0.25, 0.3) is 5.91 Å². The molecule has 4 heterocycles. The van der Waals surface area contributed by atoms with Crippen LogP contribution in [0.2, 0.25) is 0 Å². The molecule has 5 rings (SSSR count). The van der Waals surface area contributed by atoms with Crippen molar-refractivity contribution in [2.75, 3.05) is 25.5 Å². The Balaban J connectivity index is 1.51. The Morgan fingerprint density at radius 1 is 1.11 bits per heavy atom. The first kappa shape index (κ1) is 22.4. The Morgan fingerprint density at radius 3 is 2.71 bits per heavy atom. The quantitative estimate of drug-likeness (QED) is 0.440. The smallest absolute Gasteiger partial charge is 0.298 e. The number of pyridine rings is 1. The van der Waals surface area contributed by atoms with Crippen LogP contribution >= 0.6 is 0 Å². The Labute approximate surface area is 204 Å². The van der Waals surface area contributed by atoms with Crippen LogP contribution in [0.25, 0.3) is 16.9 Å². The third-order valence-electron chi connectivity index (χ3n) is 6.11. The van der Waals surface area contributed by atoms with Crippen LogP contribution in [0.4, 0.5) is 5.95 Å². The number of hydrogen-bond acceptors (Lipinski definition) is 6. The molecule has 0 saturated carbocycles. The van der Waals surface area contributed by atoms with Crippen molar-refractivity contribution in [3.05, 3.63) is 66.6 Å². The topological polar surface area (TPSA) is 84.7 Å². The number of nitrogens with one attached hydrogen (secondary N) is 1. The lowest BCUT2D eigenvalue weighted by atomic mass is 9.94. The number of rotatable bonds is 5. The molecule has 1 fully saturated rings. The van der Waals surface area contributed by atoms with Gasteiger partial charge >= 0.3 is 0 Å². The molecule has 1 aliphatic rings. The second-order valence-corrected chi connectivity index (χ2v) is 8.32. The summed E-state index contributed by atoms with van der Waals surface area (Å²) in [4.78, 5) is 28.1. The average Bonchev–Trinajstić information content (AvgIpc) is 3.30. The van der Waals surface area contributed by atoms with Crippen molar-refractivity contribution in [1.82, 2.24) is 24.3 Å². The summed E-state index contributed by atoms with van der Waals surface area (Å²) in [6, 6.07) is 15.3. The largest absolute Gasteiger partial charge is 0.439 e. The number of likely N-dealkylation sites (tertiary alicyclic amines) is 1. The molecule has 176 valence electrons. The summed E-state index contributed by atoms with van der Waals surface area (Å²) >= 11 is 0. The maximum atomic E-state index is 12.4. The number of carbonyl (C=O) groups is 1. The van der Waals surface area contributed by atoms with E-state index in [1.54, 1.807) is 19.3 Å². The highest BCUT2D eigenvalue weighted by Crippen LogP contribution is 2.34. The number of amides is 1. The Bertz CT molecular complexity index is 1400. The van der Waals surface area contributed by atoms with E-state index in [0.29, 0.717) is 24.1 Å². The minimum atomic E-state index is -0.123. The number of aromatic nitrogens is 4. The monoisotopic (exact) mass is 466 g/mol. The molecule has 0 radical (unpaired) electrons. The molecular formula is C27H26N6O2. The van der Waals surface area contributed by atoms with E-state index in [1.165, 1.54) is 0 Å². The molecule has 0 bridgehead atoms. The Morgan fingerprint density at radius 2 is 1.97 bits per heavy atom. The van der Waals surface area contributed by atoms with Gasteiger partial charge in [-0.1, -0.05) is 12.0 Å². The van der Waals surface area contributed by atoms with E-state index in [1.807, 2.05) is 64.9 Å². The highest BCUT2D eigenvalue weighted by molar-refractivity contribution is 5.93. The first-order valence-electron chi connectivity index (χ1n) is 11.6. The van der Waals surface area contributed by atoms with E-state index >= 15 is 0 Å². The predicted molar refractivity (Wildman–Crippen MR) is 134 cm³/mol. The predicted octanol–water partition coefficient (Wildman–Crippen LogP) is 4.35. The number of fused-ring (bicyclic) bond motifs is 1. The van der Waals surface area contributed by atoms with Gasteiger partial charge < -0.3 is 15.0 Å². The maximum Gasteiger partial charge on any atom is 0.298 e. The molecule has 1 aliphatic heterocycles. The van der Waals surface area contributed by atoms with Gasteiger partial charge in [-0.15, -0.1) is 0 Å². The molecule has 0 aliphatic carbocycles. The molecule has 4 aromatic rings. The summed E-state index contributed by atoms with van der Waals surface area (Å²) in [6.07, 6.45) is 5.36. The highest BCUT2D eigenvalue weighted by Gasteiger charge is 2.28.